The summed E-state index contributed by atoms with van der Waals surface area (Å²) in [5.74, 6) is 0.287. The minimum Gasteiger partial charge on any atom is -0.489 e. The number of halogens is 3. The van der Waals surface area contributed by atoms with E-state index in [1.165, 1.54) is 12.4 Å². The van der Waals surface area contributed by atoms with Gasteiger partial charge in [0.05, 0.1) is 27.2 Å². The molecule has 0 bridgehead atoms. The number of hydrogen-bond acceptors (Lipinski definition) is 3. The molecule has 2 rings (SSSR count). The van der Waals surface area contributed by atoms with E-state index in [9.17, 15) is 4.79 Å². The van der Waals surface area contributed by atoms with Crippen molar-refractivity contribution in [3.05, 3.63) is 57.3 Å². The zero-order chi connectivity index (χ0) is 17.5. The summed E-state index contributed by atoms with van der Waals surface area (Å²) in [6, 6.07) is 6.76. The van der Waals surface area contributed by atoms with Crippen LogP contribution in [-0.2, 0) is 0 Å². The fourth-order valence-corrected chi connectivity index (χ4v) is 2.85. The van der Waals surface area contributed by atoms with Crippen LogP contribution in [0.5, 0.6) is 5.75 Å². The van der Waals surface area contributed by atoms with E-state index in [0.29, 0.717) is 39.5 Å². The van der Waals surface area contributed by atoms with Gasteiger partial charge in [0.15, 0.2) is 5.75 Å². The molecule has 7 heteroatoms. The highest BCUT2D eigenvalue weighted by atomic mass is 35.5. The molecule has 0 aliphatic rings. The van der Waals surface area contributed by atoms with E-state index >= 15 is 0 Å². The quantitative estimate of drug-likeness (QED) is 0.673. The maximum atomic E-state index is 12.6. The Morgan fingerprint density at radius 1 is 1.17 bits per heavy atom. The van der Waals surface area contributed by atoms with Crippen molar-refractivity contribution in [1.82, 2.24) is 9.88 Å². The molecule has 0 aliphatic carbocycles. The number of carbonyl (C=O) groups excluding carboxylic acids is 1. The minimum atomic E-state index is -0.138. The molecule has 128 valence electrons. The van der Waals surface area contributed by atoms with Crippen LogP contribution in [0.15, 0.2) is 36.7 Å². The Morgan fingerprint density at radius 3 is 2.50 bits per heavy atom. The van der Waals surface area contributed by atoms with Crippen molar-refractivity contribution in [3.8, 4) is 5.75 Å². The van der Waals surface area contributed by atoms with Gasteiger partial charge in [-0.2, -0.15) is 0 Å². The highest BCUT2D eigenvalue weighted by molar-refractivity contribution is 6.37. The Hall–Kier alpha value is -1.49. The summed E-state index contributed by atoms with van der Waals surface area (Å²) < 4.78 is 5.65. The summed E-state index contributed by atoms with van der Waals surface area (Å²) in [7, 11) is 0. The lowest BCUT2D eigenvalue weighted by Crippen LogP contribution is -2.35. The van der Waals surface area contributed by atoms with E-state index in [4.69, 9.17) is 39.5 Å². The number of carbonyl (C=O) groups is 1. The van der Waals surface area contributed by atoms with Gasteiger partial charge >= 0.3 is 0 Å². The number of pyridine rings is 1. The standard InChI is InChI=1S/C17H17Cl3N2O2/c1-2-6-22(17(23)12-9-13(18)11-21-10-12)7-8-24-16-14(19)4-3-5-15(16)20/h3-5,9-11H,2,6-8H2,1H3. The second kappa shape index (κ2) is 9.11. The number of benzene rings is 1. The van der Waals surface area contributed by atoms with E-state index in [2.05, 4.69) is 4.98 Å². The van der Waals surface area contributed by atoms with Gasteiger partial charge in [0.2, 0.25) is 0 Å². The van der Waals surface area contributed by atoms with Crippen LogP contribution < -0.4 is 4.74 Å². The molecule has 0 saturated carbocycles. The first kappa shape index (κ1) is 18.8. The molecule has 0 N–H and O–H groups in total. The minimum absolute atomic E-state index is 0.138. The Bertz CT molecular complexity index is 690. The first-order valence-electron chi connectivity index (χ1n) is 7.49. The third kappa shape index (κ3) is 5.00. The number of para-hydroxylation sites is 1. The average Bonchev–Trinajstić information content (AvgIpc) is 2.56. The Balaban J connectivity index is 2.02. The highest BCUT2D eigenvalue weighted by Crippen LogP contribution is 2.32. The number of rotatable bonds is 7. The number of amides is 1. The molecule has 0 aliphatic heterocycles. The van der Waals surface area contributed by atoms with Crippen molar-refractivity contribution in [1.29, 1.82) is 0 Å². The van der Waals surface area contributed by atoms with Crippen LogP contribution in [-0.4, -0.2) is 35.5 Å². The van der Waals surface area contributed by atoms with E-state index in [1.54, 1.807) is 29.2 Å². The highest BCUT2D eigenvalue weighted by Gasteiger charge is 2.16. The lowest BCUT2D eigenvalue weighted by atomic mass is 10.2. The molecule has 0 radical (unpaired) electrons. The topological polar surface area (TPSA) is 42.4 Å². The first-order chi connectivity index (χ1) is 11.5. The van der Waals surface area contributed by atoms with Gasteiger partial charge in [-0.1, -0.05) is 47.8 Å². The molecule has 2 aromatic rings. The molecule has 0 saturated heterocycles. The van der Waals surface area contributed by atoms with E-state index in [-0.39, 0.29) is 12.5 Å². The van der Waals surface area contributed by atoms with Gasteiger partial charge in [0.25, 0.3) is 5.91 Å². The lowest BCUT2D eigenvalue weighted by molar-refractivity contribution is 0.0729. The Kier molecular flexibility index (Phi) is 7.16. The average molecular weight is 388 g/mol. The number of nitrogens with zero attached hydrogens (tertiary/aromatic N) is 2. The maximum Gasteiger partial charge on any atom is 0.255 e. The molecule has 0 spiro atoms. The zero-order valence-electron chi connectivity index (χ0n) is 13.1. The van der Waals surface area contributed by atoms with Crippen molar-refractivity contribution in [2.24, 2.45) is 0 Å². The van der Waals surface area contributed by atoms with Crippen LogP contribution in [0, 0.1) is 0 Å². The van der Waals surface area contributed by atoms with Crippen LogP contribution in [0.3, 0.4) is 0 Å². The second-order valence-corrected chi connectivity index (χ2v) is 6.33. The molecule has 1 amide bonds. The first-order valence-corrected chi connectivity index (χ1v) is 8.63. The predicted octanol–water partition coefficient (Wildman–Crippen LogP) is 4.97. The largest absolute Gasteiger partial charge is 0.489 e. The van der Waals surface area contributed by atoms with Crippen molar-refractivity contribution in [2.45, 2.75) is 13.3 Å². The normalized spacial score (nSPS) is 10.5. The van der Waals surface area contributed by atoms with Crippen LogP contribution >= 0.6 is 34.8 Å². The Morgan fingerprint density at radius 2 is 1.88 bits per heavy atom. The summed E-state index contributed by atoms with van der Waals surface area (Å²) in [4.78, 5) is 18.2. The van der Waals surface area contributed by atoms with E-state index in [0.717, 1.165) is 6.42 Å². The van der Waals surface area contributed by atoms with E-state index < -0.39 is 0 Å². The van der Waals surface area contributed by atoms with E-state index in [1.807, 2.05) is 6.92 Å². The number of ether oxygens (including phenoxy) is 1. The van der Waals surface area contributed by atoms with Gasteiger partial charge in [0, 0.05) is 18.9 Å². The molecule has 1 aromatic carbocycles. The summed E-state index contributed by atoms with van der Waals surface area (Å²) in [5.41, 5.74) is 0.451. The van der Waals surface area contributed by atoms with Gasteiger partial charge in [-0.05, 0) is 24.6 Å². The Labute approximate surface area is 156 Å². The predicted molar refractivity (Wildman–Crippen MR) is 97.4 cm³/mol. The molecular formula is C17H17Cl3N2O2. The fourth-order valence-electron chi connectivity index (χ4n) is 2.17. The van der Waals surface area contributed by atoms with Crippen molar-refractivity contribution in [3.63, 3.8) is 0 Å². The van der Waals surface area contributed by atoms with Gasteiger partial charge in [-0.3, -0.25) is 9.78 Å². The molecule has 1 heterocycles. The molecule has 0 fully saturated rings. The molecule has 1 aromatic heterocycles. The lowest BCUT2D eigenvalue weighted by Gasteiger charge is -2.22. The van der Waals surface area contributed by atoms with Crippen molar-refractivity contribution < 1.29 is 9.53 Å². The second-order valence-electron chi connectivity index (χ2n) is 5.08. The van der Waals surface area contributed by atoms with Crippen molar-refractivity contribution >= 4 is 40.7 Å². The van der Waals surface area contributed by atoms with Crippen LogP contribution in [0.2, 0.25) is 15.1 Å². The summed E-state index contributed by atoms with van der Waals surface area (Å²) >= 11 is 18.0. The SMILES string of the molecule is CCCN(CCOc1c(Cl)cccc1Cl)C(=O)c1cncc(Cl)c1. The summed E-state index contributed by atoms with van der Waals surface area (Å²) in [6.45, 7) is 3.29. The number of aromatic nitrogens is 1. The third-order valence-corrected chi connectivity index (χ3v) is 4.06. The van der Waals surface area contributed by atoms with Crippen molar-refractivity contribution in [2.75, 3.05) is 19.7 Å². The smallest absolute Gasteiger partial charge is 0.255 e. The monoisotopic (exact) mass is 386 g/mol. The number of hydrogen-bond donors (Lipinski definition) is 0. The van der Waals surface area contributed by atoms with Crippen LogP contribution in [0.1, 0.15) is 23.7 Å². The molecule has 0 atom stereocenters. The fraction of sp³-hybridized carbons (Fsp3) is 0.294. The van der Waals surface area contributed by atoms with Gasteiger partial charge in [-0.15, -0.1) is 0 Å². The van der Waals surface area contributed by atoms with Crippen LogP contribution in [0.25, 0.3) is 0 Å². The molecule has 0 unspecified atom stereocenters. The zero-order valence-corrected chi connectivity index (χ0v) is 15.4. The summed E-state index contributed by atoms with van der Waals surface area (Å²) in [5, 5.41) is 1.31. The van der Waals surface area contributed by atoms with Gasteiger partial charge in [0.1, 0.15) is 6.61 Å². The summed E-state index contributed by atoms with van der Waals surface area (Å²) in [6.07, 6.45) is 3.82. The van der Waals surface area contributed by atoms with Crippen LogP contribution in [0.4, 0.5) is 0 Å². The molecular weight excluding hydrogens is 371 g/mol. The third-order valence-electron chi connectivity index (χ3n) is 3.26. The van der Waals surface area contributed by atoms with Gasteiger partial charge in [-0.25, -0.2) is 0 Å². The molecule has 4 nitrogen and oxygen atoms in total. The van der Waals surface area contributed by atoms with Gasteiger partial charge < -0.3 is 9.64 Å². The molecule has 24 heavy (non-hydrogen) atoms. The maximum absolute atomic E-state index is 12.6.